The normalized spacial score (nSPS) is 11.7. The Bertz CT molecular complexity index is 1070. The Morgan fingerprint density at radius 1 is 1.38 bits per heavy atom. The van der Waals surface area contributed by atoms with Crippen molar-refractivity contribution < 1.29 is 14.3 Å². The Hall–Kier alpha value is -3.22. The quantitative estimate of drug-likeness (QED) is 0.360. The molecule has 134 valence electrons. The van der Waals surface area contributed by atoms with E-state index in [2.05, 4.69) is 15.3 Å². The van der Waals surface area contributed by atoms with Gasteiger partial charge in [0.2, 0.25) is 11.7 Å². The van der Waals surface area contributed by atoms with Crippen molar-refractivity contribution in [1.82, 2.24) is 9.97 Å². The Morgan fingerprint density at radius 3 is 2.85 bits per heavy atom. The molecule has 0 spiro atoms. The van der Waals surface area contributed by atoms with Crippen LogP contribution >= 0.6 is 0 Å². The molecule has 0 aliphatic rings. The van der Waals surface area contributed by atoms with Gasteiger partial charge in [0.1, 0.15) is 0 Å². The van der Waals surface area contributed by atoms with Crippen LogP contribution in [0.4, 0.5) is 5.69 Å². The molecule has 0 aliphatic carbocycles. The van der Waals surface area contributed by atoms with Crippen molar-refractivity contribution in [3.63, 3.8) is 0 Å². The minimum atomic E-state index is -0.263. The van der Waals surface area contributed by atoms with Crippen LogP contribution in [0.25, 0.3) is 21.8 Å². The number of hydrogen-bond donors (Lipinski definition) is 3. The monoisotopic (exact) mass is 352 g/mol. The minimum absolute atomic E-state index is 0.139. The van der Waals surface area contributed by atoms with Gasteiger partial charge in [0, 0.05) is 29.5 Å². The second-order valence-corrected chi connectivity index (χ2v) is 6.52. The number of allylic oxidation sites excluding steroid dienone is 1. The van der Waals surface area contributed by atoms with Crippen molar-refractivity contribution in [2.75, 3.05) is 12.4 Å². The smallest absolute Gasteiger partial charge is 0.224 e. The molecule has 7 heteroatoms. The number of hydrogen-bond acceptors (Lipinski definition) is 5. The van der Waals surface area contributed by atoms with Crippen LogP contribution in [0.5, 0.6) is 0 Å². The number of aromatic amines is 1. The third-order valence-corrected chi connectivity index (χ3v) is 3.97. The lowest BCUT2D eigenvalue weighted by atomic mass is 10.1. The molecule has 0 fully saturated rings. The van der Waals surface area contributed by atoms with Crippen molar-refractivity contribution in [3.8, 4) is 0 Å². The highest BCUT2D eigenvalue weighted by Gasteiger charge is 2.16. The molecule has 0 unspecified atom stereocenters. The zero-order valence-corrected chi connectivity index (χ0v) is 14.8. The fourth-order valence-corrected chi connectivity index (χ4v) is 2.87. The molecule has 0 saturated heterocycles. The Morgan fingerprint density at radius 2 is 2.15 bits per heavy atom. The molecule has 3 aromatic rings. The maximum atomic E-state index is 12.3. The van der Waals surface area contributed by atoms with Crippen LogP contribution in [0, 0.1) is 11.3 Å². The Kier molecular flexibility index (Phi) is 4.71. The molecular formula is C19H20N4O3. The molecule has 1 amide bonds. The number of carbonyl (C=O) groups excluding carboxylic acids is 2. The number of aromatic nitrogens is 2. The Labute approximate surface area is 149 Å². The SMILES string of the molecule is COC=CC(=O)c1cc2cnc3c(=N)cc(NC(=O)CC(C)C)c([nH]1)c23. The first-order valence-electron chi connectivity index (χ1n) is 8.27. The molecule has 0 aliphatic heterocycles. The predicted octanol–water partition coefficient (Wildman–Crippen LogP) is 2.96. The molecule has 0 atom stereocenters. The first-order valence-corrected chi connectivity index (χ1v) is 8.27. The van der Waals surface area contributed by atoms with Crippen LogP contribution in [0.2, 0.25) is 0 Å². The lowest BCUT2D eigenvalue weighted by Gasteiger charge is -2.11. The lowest BCUT2D eigenvalue weighted by molar-refractivity contribution is -0.116. The Balaban J connectivity index is 2.16. The lowest BCUT2D eigenvalue weighted by Crippen LogP contribution is -2.16. The van der Waals surface area contributed by atoms with E-state index in [0.29, 0.717) is 28.8 Å². The van der Waals surface area contributed by atoms with E-state index >= 15 is 0 Å². The zero-order valence-electron chi connectivity index (χ0n) is 14.8. The first kappa shape index (κ1) is 17.6. The highest BCUT2D eigenvalue weighted by Crippen LogP contribution is 2.29. The summed E-state index contributed by atoms with van der Waals surface area (Å²) in [6.07, 6.45) is 4.61. The topological polar surface area (TPSA) is 108 Å². The zero-order chi connectivity index (χ0) is 18.8. The molecule has 7 nitrogen and oxygen atoms in total. The number of anilines is 1. The summed E-state index contributed by atoms with van der Waals surface area (Å²) < 4.78 is 4.79. The number of ketones is 1. The summed E-state index contributed by atoms with van der Waals surface area (Å²) >= 11 is 0. The number of H-pyrrole nitrogens is 1. The maximum Gasteiger partial charge on any atom is 0.224 e. The van der Waals surface area contributed by atoms with Crippen LogP contribution in [-0.4, -0.2) is 28.8 Å². The fourth-order valence-electron chi connectivity index (χ4n) is 2.87. The highest BCUT2D eigenvalue weighted by molar-refractivity contribution is 6.16. The van der Waals surface area contributed by atoms with Crippen LogP contribution in [0.3, 0.4) is 0 Å². The summed E-state index contributed by atoms with van der Waals surface area (Å²) in [5.74, 6) is -0.188. The van der Waals surface area contributed by atoms with E-state index in [9.17, 15) is 9.59 Å². The van der Waals surface area contributed by atoms with Crippen LogP contribution in [-0.2, 0) is 9.53 Å². The number of carbonyl (C=O) groups is 2. The van der Waals surface area contributed by atoms with Gasteiger partial charge >= 0.3 is 0 Å². The van der Waals surface area contributed by atoms with Crippen LogP contribution in [0.1, 0.15) is 30.8 Å². The van der Waals surface area contributed by atoms with E-state index in [1.54, 1.807) is 18.3 Å². The number of nitrogens with zero attached hydrogens (tertiary/aromatic N) is 1. The molecule has 0 saturated carbocycles. The first-order chi connectivity index (χ1) is 12.4. The standard InChI is InChI=1S/C19H20N4O3/c1-10(2)6-16(25)22-14-8-12(20)18-17-11(9-21-18)7-13(23-19(14)17)15(24)4-5-26-3/h4-5,7-10,20,23H,6H2,1-3H3,(H,22,25). The van der Waals surface area contributed by atoms with Gasteiger partial charge in [0.25, 0.3) is 0 Å². The van der Waals surface area contributed by atoms with Crippen LogP contribution < -0.4 is 10.7 Å². The van der Waals surface area contributed by atoms with Crippen molar-refractivity contribution >= 4 is 39.2 Å². The fraction of sp³-hybridized carbons (Fsp3) is 0.263. The minimum Gasteiger partial charge on any atom is -0.504 e. The van der Waals surface area contributed by atoms with E-state index < -0.39 is 0 Å². The molecule has 1 aromatic carbocycles. The molecule has 26 heavy (non-hydrogen) atoms. The van der Waals surface area contributed by atoms with Gasteiger partial charge in [-0.3, -0.25) is 20.0 Å². The van der Waals surface area contributed by atoms with Crippen molar-refractivity contribution in [3.05, 3.63) is 41.7 Å². The van der Waals surface area contributed by atoms with E-state index in [4.69, 9.17) is 10.1 Å². The van der Waals surface area contributed by atoms with Crippen molar-refractivity contribution in [1.29, 1.82) is 5.41 Å². The number of nitrogens with one attached hydrogen (secondary N) is 3. The summed E-state index contributed by atoms with van der Waals surface area (Å²) in [5.41, 5.74) is 1.92. The van der Waals surface area contributed by atoms with Gasteiger partial charge in [0.05, 0.1) is 41.1 Å². The van der Waals surface area contributed by atoms with Crippen molar-refractivity contribution in [2.45, 2.75) is 20.3 Å². The average molecular weight is 352 g/mol. The van der Waals surface area contributed by atoms with Gasteiger partial charge in [0.15, 0.2) is 0 Å². The van der Waals surface area contributed by atoms with E-state index in [0.717, 1.165) is 10.8 Å². The van der Waals surface area contributed by atoms with Gasteiger partial charge in [-0.25, -0.2) is 0 Å². The molecule has 0 radical (unpaired) electrons. The third kappa shape index (κ3) is 3.28. The average Bonchev–Trinajstić information content (AvgIpc) is 3.01. The number of ether oxygens (including phenoxy) is 1. The van der Waals surface area contributed by atoms with E-state index in [1.165, 1.54) is 19.4 Å². The number of benzene rings is 1. The summed E-state index contributed by atoms with van der Waals surface area (Å²) in [6.45, 7) is 3.92. The predicted molar refractivity (Wildman–Crippen MR) is 99.2 cm³/mol. The van der Waals surface area contributed by atoms with Gasteiger partial charge in [-0.2, -0.15) is 0 Å². The molecule has 2 aromatic heterocycles. The summed E-state index contributed by atoms with van der Waals surface area (Å²) in [6, 6.07) is 3.24. The maximum absolute atomic E-state index is 12.3. The summed E-state index contributed by atoms with van der Waals surface area (Å²) in [7, 11) is 1.46. The number of amides is 1. The molecule has 3 rings (SSSR count). The number of methoxy groups -OCH3 is 1. The van der Waals surface area contributed by atoms with Crippen LogP contribution in [0.15, 0.2) is 30.7 Å². The highest BCUT2D eigenvalue weighted by atomic mass is 16.5. The summed E-state index contributed by atoms with van der Waals surface area (Å²) in [5, 5.41) is 12.7. The van der Waals surface area contributed by atoms with Crippen molar-refractivity contribution in [2.24, 2.45) is 5.92 Å². The second kappa shape index (κ2) is 6.95. The van der Waals surface area contributed by atoms with Gasteiger partial charge < -0.3 is 15.0 Å². The molecule has 2 heterocycles. The largest absolute Gasteiger partial charge is 0.504 e. The van der Waals surface area contributed by atoms with E-state index in [1.807, 2.05) is 13.8 Å². The number of pyridine rings is 1. The molecular weight excluding hydrogens is 332 g/mol. The summed E-state index contributed by atoms with van der Waals surface area (Å²) in [4.78, 5) is 31.9. The number of rotatable bonds is 6. The second-order valence-electron chi connectivity index (χ2n) is 6.52. The molecule has 3 N–H and O–H groups in total. The van der Waals surface area contributed by atoms with Gasteiger partial charge in [-0.05, 0) is 18.1 Å². The third-order valence-electron chi connectivity index (χ3n) is 3.97. The van der Waals surface area contributed by atoms with Gasteiger partial charge in [-0.15, -0.1) is 0 Å². The van der Waals surface area contributed by atoms with Gasteiger partial charge in [-0.1, -0.05) is 13.8 Å². The van der Waals surface area contributed by atoms with E-state index in [-0.39, 0.29) is 23.0 Å². The molecule has 0 bridgehead atoms.